The Morgan fingerprint density at radius 3 is 2.78 bits per heavy atom. The minimum atomic E-state index is 0.199. The van der Waals surface area contributed by atoms with Crippen molar-refractivity contribution in [2.45, 2.75) is 39.7 Å². The molecule has 102 valence electrons. The lowest BCUT2D eigenvalue weighted by molar-refractivity contribution is 0.317. The number of benzene rings is 1. The molecule has 0 saturated carbocycles. The molecule has 0 spiro atoms. The summed E-state index contributed by atoms with van der Waals surface area (Å²) >= 11 is 0. The van der Waals surface area contributed by atoms with E-state index in [2.05, 4.69) is 26.1 Å². The van der Waals surface area contributed by atoms with Gasteiger partial charge in [-0.05, 0) is 30.9 Å². The van der Waals surface area contributed by atoms with Crippen molar-refractivity contribution >= 4 is 5.69 Å². The first-order chi connectivity index (χ1) is 8.61. The number of hydrogen-bond donors (Lipinski definition) is 2. The van der Waals surface area contributed by atoms with Crippen molar-refractivity contribution < 1.29 is 4.74 Å². The number of nitrogens with two attached hydrogens (primary N) is 1. The summed E-state index contributed by atoms with van der Waals surface area (Å²) in [5.41, 5.74) is 7.12. The zero-order valence-corrected chi connectivity index (χ0v) is 11.8. The maximum Gasteiger partial charge on any atom is 0.121 e. The fourth-order valence-electron chi connectivity index (χ4n) is 1.85. The first-order valence-electron chi connectivity index (χ1n) is 6.84. The predicted molar refractivity (Wildman–Crippen MR) is 78.1 cm³/mol. The van der Waals surface area contributed by atoms with Crippen molar-refractivity contribution in [2.24, 2.45) is 11.7 Å². The summed E-state index contributed by atoms with van der Waals surface area (Å²) in [5, 5.41) is 3.36. The average Bonchev–Trinajstić information content (AvgIpc) is 2.33. The van der Waals surface area contributed by atoms with Gasteiger partial charge in [-0.25, -0.2) is 0 Å². The largest absolute Gasteiger partial charge is 0.494 e. The van der Waals surface area contributed by atoms with Crippen molar-refractivity contribution in [3.05, 3.63) is 24.3 Å². The van der Waals surface area contributed by atoms with E-state index < -0.39 is 0 Å². The molecule has 0 radical (unpaired) electrons. The van der Waals surface area contributed by atoms with E-state index in [0.717, 1.165) is 37.4 Å². The molecule has 3 nitrogen and oxygen atoms in total. The quantitative estimate of drug-likeness (QED) is 0.744. The summed E-state index contributed by atoms with van der Waals surface area (Å²) in [4.78, 5) is 0. The van der Waals surface area contributed by atoms with Crippen molar-refractivity contribution in [3.8, 4) is 5.75 Å². The highest BCUT2D eigenvalue weighted by Gasteiger charge is 2.05. The first kappa shape index (κ1) is 14.8. The molecule has 0 aromatic heterocycles. The molecule has 1 rings (SSSR count). The molecule has 0 amide bonds. The Balaban J connectivity index is 2.41. The van der Waals surface area contributed by atoms with E-state index in [1.165, 1.54) is 0 Å². The summed E-state index contributed by atoms with van der Waals surface area (Å²) in [6.07, 6.45) is 2.07. The molecular weight excluding hydrogens is 224 g/mol. The van der Waals surface area contributed by atoms with Gasteiger partial charge in [-0.15, -0.1) is 0 Å². The molecule has 0 bridgehead atoms. The molecule has 0 aliphatic carbocycles. The normalized spacial score (nSPS) is 12.5. The summed E-state index contributed by atoms with van der Waals surface area (Å²) in [5.74, 6) is 1.56. The van der Waals surface area contributed by atoms with Gasteiger partial charge in [0.05, 0.1) is 6.61 Å². The van der Waals surface area contributed by atoms with Crippen molar-refractivity contribution in [3.63, 3.8) is 0 Å². The van der Waals surface area contributed by atoms with E-state index >= 15 is 0 Å². The zero-order chi connectivity index (χ0) is 13.4. The lowest BCUT2D eigenvalue weighted by atomic mass is 10.0. The van der Waals surface area contributed by atoms with Gasteiger partial charge in [-0.1, -0.05) is 26.8 Å². The van der Waals surface area contributed by atoms with Crippen LogP contribution in [-0.4, -0.2) is 19.2 Å². The minimum Gasteiger partial charge on any atom is -0.494 e. The van der Waals surface area contributed by atoms with Crippen LogP contribution in [0.25, 0.3) is 0 Å². The third-order valence-corrected chi connectivity index (χ3v) is 2.65. The lowest BCUT2D eigenvalue weighted by Crippen LogP contribution is -2.30. The zero-order valence-electron chi connectivity index (χ0n) is 11.8. The Morgan fingerprint density at radius 2 is 2.11 bits per heavy atom. The Morgan fingerprint density at radius 1 is 1.33 bits per heavy atom. The average molecular weight is 250 g/mol. The fraction of sp³-hybridized carbons (Fsp3) is 0.600. The van der Waals surface area contributed by atoms with E-state index in [9.17, 15) is 0 Å². The van der Waals surface area contributed by atoms with E-state index in [0.29, 0.717) is 5.92 Å². The van der Waals surface area contributed by atoms with Gasteiger partial charge in [0.15, 0.2) is 0 Å². The highest BCUT2D eigenvalue weighted by Crippen LogP contribution is 2.17. The number of anilines is 1. The summed E-state index contributed by atoms with van der Waals surface area (Å²) in [7, 11) is 0. The SMILES string of the molecule is CCCOc1cccc(NCC(N)CC(C)C)c1. The molecule has 0 fully saturated rings. The van der Waals surface area contributed by atoms with Gasteiger partial charge in [0.2, 0.25) is 0 Å². The van der Waals surface area contributed by atoms with Crippen LogP contribution in [0.3, 0.4) is 0 Å². The van der Waals surface area contributed by atoms with Crippen molar-refractivity contribution in [1.82, 2.24) is 0 Å². The predicted octanol–water partition coefficient (Wildman–Crippen LogP) is 3.26. The Bertz CT molecular complexity index is 339. The van der Waals surface area contributed by atoms with Crippen LogP contribution in [0, 0.1) is 5.92 Å². The second-order valence-corrected chi connectivity index (χ2v) is 5.15. The van der Waals surface area contributed by atoms with Crippen LogP contribution in [-0.2, 0) is 0 Å². The third kappa shape index (κ3) is 5.92. The highest BCUT2D eigenvalue weighted by molar-refractivity contribution is 5.48. The van der Waals surface area contributed by atoms with Crippen LogP contribution in [0.5, 0.6) is 5.75 Å². The molecule has 0 aliphatic heterocycles. The lowest BCUT2D eigenvalue weighted by Gasteiger charge is -2.16. The van der Waals surface area contributed by atoms with Crippen LogP contribution in [0.2, 0.25) is 0 Å². The molecule has 1 unspecified atom stereocenters. The molecule has 1 aromatic carbocycles. The van der Waals surface area contributed by atoms with Crippen molar-refractivity contribution in [1.29, 1.82) is 0 Å². The van der Waals surface area contributed by atoms with Crippen LogP contribution in [0.4, 0.5) is 5.69 Å². The van der Waals surface area contributed by atoms with Crippen molar-refractivity contribution in [2.75, 3.05) is 18.5 Å². The minimum absolute atomic E-state index is 0.199. The Kier molecular flexibility index (Phi) is 6.58. The molecule has 0 saturated heterocycles. The fourth-order valence-corrected chi connectivity index (χ4v) is 1.85. The maximum atomic E-state index is 6.05. The highest BCUT2D eigenvalue weighted by atomic mass is 16.5. The second kappa shape index (κ2) is 7.98. The van der Waals surface area contributed by atoms with Crippen LogP contribution < -0.4 is 15.8 Å². The van der Waals surface area contributed by atoms with Crippen LogP contribution >= 0.6 is 0 Å². The number of hydrogen-bond acceptors (Lipinski definition) is 3. The van der Waals surface area contributed by atoms with Gasteiger partial charge < -0.3 is 15.8 Å². The van der Waals surface area contributed by atoms with Gasteiger partial charge in [0, 0.05) is 24.3 Å². The van der Waals surface area contributed by atoms with Crippen LogP contribution in [0.1, 0.15) is 33.6 Å². The molecule has 18 heavy (non-hydrogen) atoms. The Labute approximate surface area is 111 Å². The molecule has 3 N–H and O–H groups in total. The molecule has 0 aliphatic rings. The molecule has 1 atom stereocenters. The summed E-state index contributed by atoms with van der Waals surface area (Å²) < 4.78 is 5.60. The Hall–Kier alpha value is -1.22. The van der Waals surface area contributed by atoms with Gasteiger partial charge in [0.1, 0.15) is 5.75 Å². The van der Waals surface area contributed by atoms with E-state index in [4.69, 9.17) is 10.5 Å². The van der Waals surface area contributed by atoms with Gasteiger partial charge in [-0.2, -0.15) is 0 Å². The van der Waals surface area contributed by atoms with Crippen LogP contribution in [0.15, 0.2) is 24.3 Å². The van der Waals surface area contributed by atoms with Gasteiger partial charge >= 0.3 is 0 Å². The number of rotatable bonds is 8. The van der Waals surface area contributed by atoms with E-state index in [1.807, 2.05) is 24.3 Å². The summed E-state index contributed by atoms with van der Waals surface area (Å²) in [6, 6.07) is 8.25. The van der Waals surface area contributed by atoms with Gasteiger partial charge in [0.25, 0.3) is 0 Å². The van der Waals surface area contributed by atoms with E-state index in [1.54, 1.807) is 0 Å². The number of nitrogens with one attached hydrogen (secondary N) is 1. The maximum absolute atomic E-state index is 6.05. The third-order valence-electron chi connectivity index (χ3n) is 2.65. The first-order valence-corrected chi connectivity index (χ1v) is 6.84. The molecule has 0 heterocycles. The smallest absolute Gasteiger partial charge is 0.121 e. The monoisotopic (exact) mass is 250 g/mol. The molecule has 1 aromatic rings. The second-order valence-electron chi connectivity index (χ2n) is 5.15. The summed E-state index contributed by atoms with van der Waals surface area (Å²) in [6.45, 7) is 8.05. The van der Waals surface area contributed by atoms with Gasteiger partial charge in [-0.3, -0.25) is 0 Å². The number of ether oxygens (including phenoxy) is 1. The molecule has 3 heteroatoms. The topological polar surface area (TPSA) is 47.3 Å². The molecular formula is C15H26N2O. The van der Waals surface area contributed by atoms with E-state index in [-0.39, 0.29) is 6.04 Å². The standard InChI is InChI=1S/C15H26N2O/c1-4-8-18-15-7-5-6-14(10-15)17-11-13(16)9-12(2)3/h5-7,10,12-13,17H,4,8-9,11,16H2,1-3H3.